The second-order valence-corrected chi connectivity index (χ2v) is 8.38. The van der Waals surface area contributed by atoms with Gasteiger partial charge in [0.15, 0.2) is 0 Å². The molecule has 0 unspecified atom stereocenters. The first-order valence-corrected chi connectivity index (χ1v) is 10.8. The fraction of sp³-hybridized carbons (Fsp3) is 0.619. The average Bonchev–Trinajstić information content (AvgIpc) is 3.39. The number of hydrogen-bond acceptors (Lipinski definition) is 6. The van der Waals surface area contributed by atoms with E-state index in [9.17, 15) is 31.1 Å². The normalized spacial score (nSPS) is 22.6. The molecule has 4 heterocycles. The molecule has 1 amide bonds. The van der Waals surface area contributed by atoms with Gasteiger partial charge in [-0.15, -0.1) is 0 Å². The molecule has 3 aliphatic rings. The number of aliphatic carboxylic acids is 2. The number of alkyl halides is 6. The fourth-order valence-electron chi connectivity index (χ4n) is 4.22. The van der Waals surface area contributed by atoms with Crippen LogP contribution in [0.15, 0.2) is 24.5 Å². The number of halogens is 6. The summed E-state index contributed by atoms with van der Waals surface area (Å²) < 4.78 is 68.9. The first-order valence-electron chi connectivity index (χ1n) is 10.8. The van der Waals surface area contributed by atoms with Crippen molar-refractivity contribution < 1.29 is 55.7 Å². The van der Waals surface area contributed by atoms with Crippen molar-refractivity contribution in [2.45, 2.75) is 31.2 Å². The molecule has 3 saturated heterocycles. The molecule has 1 aromatic rings. The van der Waals surface area contributed by atoms with E-state index >= 15 is 0 Å². The van der Waals surface area contributed by atoms with E-state index in [4.69, 9.17) is 24.5 Å². The van der Waals surface area contributed by atoms with E-state index in [1.54, 1.807) is 12.4 Å². The van der Waals surface area contributed by atoms with Crippen molar-refractivity contribution in [2.24, 2.45) is 11.8 Å². The predicted octanol–water partition coefficient (Wildman–Crippen LogP) is 2.53. The number of carboxylic acid groups (broad SMARTS) is 2. The van der Waals surface area contributed by atoms with Gasteiger partial charge in [-0.25, -0.2) is 9.59 Å². The number of pyridine rings is 1. The Bertz CT molecular complexity index is 854. The molecule has 36 heavy (non-hydrogen) atoms. The summed E-state index contributed by atoms with van der Waals surface area (Å²) in [6, 6.07) is 4.39. The van der Waals surface area contributed by atoms with Gasteiger partial charge in [0, 0.05) is 57.8 Å². The maximum Gasteiger partial charge on any atom is 0.490 e. The summed E-state index contributed by atoms with van der Waals surface area (Å²) in [5.41, 5.74) is 0.712. The topological polar surface area (TPSA) is 120 Å². The summed E-state index contributed by atoms with van der Waals surface area (Å²) in [7, 11) is 0. The zero-order valence-corrected chi connectivity index (χ0v) is 18.8. The molecule has 9 nitrogen and oxygen atoms in total. The van der Waals surface area contributed by atoms with E-state index in [0.717, 1.165) is 52.2 Å². The lowest BCUT2D eigenvalue weighted by molar-refractivity contribution is -0.193. The Hall–Kier alpha value is -2.94. The zero-order valence-electron chi connectivity index (χ0n) is 18.8. The maximum atomic E-state index is 12.5. The van der Waals surface area contributed by atoms with E-state index in [0.29, 0.717) is 23.4 Å². The van der Waals surface area contributed by atoms with Crippen LogP contribution in [-0.4, -0.2) is 101 Å². The van der Waals surface area contributed by atoms with Crippen molar-refractivity contribution in [3.8, 4) is 0 Å². The number of likely N-dealkylation sites (tertiary alicyclic amines) is 2. The minimum absolute atomic E-state index is 0.139. The number of nitrogens with zero attached hydrogens (tertiary/aromatic N) is 3. The van der Waals surface area contributed by atoms with Crippen LogP contribution >= 0.6 is 0 Å². The smallest absolute Gasteiger partial charge is 0.475 e. The molecule has 15 heteroatoms. The van der Waals surface area contributed by atoms with E-state index < -0.39 is 24.3 Å². The number of carbonyl (C=O) groups excluding carboxylic acids is 1. The first-order chi connectivity index (χ1) is 16.7. The molecule has 1 aromatic heterocycles. The Labute approximate surface area is 201 Å². The number of aromatic nitrogens is 1. The van der Waals surface area contributed by atoms with Gasteiger partial charge in [-0.1, -0.05) is 0 Å². The molecule has 0 radical (unpaired) electrons. The molecule has 2 atom stereocenters. The molecule has 4 rings (SSSR count). The third-order valence-electron chi connectivity index (χ3n) is 5.90. The van der Waals surface area contributed by atoms with Crippen LogP contribution in [0, 0.1) is 11.8 Å². The third kappa shape index (κ3) is 8.62. The SMILES string of the molecule is O=C(O)C(F)(F)F.O=C(O)C(F)(F)F.O=C(c1cccnc1)N1C[C@@H]2CN(C3CCOCC3)C[C@@H]2C1. The molecule has 0 aromatic carbocycles. The van der Waals surface area contributed by atoms with Gasteiger partial charge in [0.25, 0.3) is 5.91 Å². The van der Waals surface area contributed by atoms with Gasteiger partial charge in [0.1, 0.15) is 0 Å². The quantitative estimate of drug-likeness (QED) is 0.561. The van der Waals surface area contributed by atoms with Crippen molar-refractivity contribution in [2.75, 3.05) is 39.4 Å². The van der Waals surface area contributed by atoms with Crippen LogP contribution in [0.1, 0.15) is 23.2 Å². The Kier molecular flexibility index (Phi) is 10.0. The van der Waals surface area contributed by atoms with Crippen LogP contribution in [-0.2, 0) is 14.3 Å². The fourth-order valence-corrected chi connectivity index (χ4v) is 4.22. The molecule has 3 aliphatic heterocycles. The number of carbonyl (C=O) groups is 3. The van der Waals surface area contributed by atoms with Crippen molar-refractivity contribution >= 4 is 17.8 Å². The van der Waals surface area contributed by atoms with E-state index in [-0.39, 0.29) is 5.91 Å². The van der Waals surface area contributed by atoms with Gasteiger partial charge in [-0.05, 0) is 36.8 Å². The van der Waals surface area contributed by atoms with Crippen LogP contribution in [0.25, 0.3) is 0 Å². The predicted molar refractivity (Wildman–Crippen MR) is 110 cm³/mol. The molecule has 3 fully saturated rings. The molecule has 0 aliphatic carbocycles. The van der Waals surface area contributed by atoms with Crippen molar-refractivity contribution in [1.29, 1.82) is 0 Å². The highest BCUT2D eigenvalue weighted by Crippen LogP contribution is 2.34. The Balaban J connectivity index is 0.000000271. The maximum absolute atomic E-state index is 12.5. The number of fused-ring (bicyclic) bond motifs is 1. The van der Waals surface area contributed by atoms with E-state index in [1.807, 2.05) is 17.0 Å². The number of hydrogen-bond donors (Lipinski definition) is 2. The molecule has 202 valence electrons. The number of carboxylic acids is 2. The summed E-state index contributed by atoms with van der Waals surface area (Å²) in [4.78, 5) is 39.0. The lowest BCUT2D eigenvalue weighted by Crippen LogP contribution is -2.40. The highest BCUT2D eigenvalue weighted by atomic mass is 19.4. The van der Waals surface area contributed by atoms with Crippen molar-refractivity contribution in [3.63, 3.8) is 0 Å². The van der Waals surface area contributed by atoms with Gasteiger partial charge in [0.05, 0.1) is 5.56 Å². The summed E-state index contributed by atoms with van der Waals surface area (Å²) in [5, 5.41) is 14.2. The second kappa shape index (κ2) is 12.3. The van der Waals surface area contributed by atoms with Crippen LogP contribution in [0.5, 0.6) is 0 Å². The highest BCUT2D eigenvalue weighted by molar-refractivity contribution is 5.94. The van der Waals surface area contributed by atoms with E-state index in [1.165, 1.54) is 0 Å². The van der Waals surface area contributed by atoms with Crippen LogP contribution in [0.2, 0.25) is 0 Å². The number of rotatable bonds is 2. The number of ether oxygens (including phenoxy) is 1. The zero-order chi connectivity index (χ0) is 27.1. The largest absolute Gasteiger partial charge is 0.490 e. The van der Waals surface area contributed by atoms with Gasteiger partial charge < -0.3 is 19.8 Å². The molecule has 0 bridgehead atoms. The second-order valence-electron chi connectivity index (χ2n) is 8.38. The summed E-state index contributed by atoms with van der Waals surface area (Å²) >= 11 is 0. The van der Waals surface area contributed by atoms with Crippen LogP contribution in [0.4, 0.5) is 26.3 Å². The molecule has 2 N–H and O–H groups in total. The third-order valence-corrected chi connectivity index (χ3v) is 5.90. The highest BCUT2D eigenvalue weighted by Gasteiger charge is 2.43. The standard InChI is InChI=1S/C17H23N3O2.2C2HF3O2/c21-17(13-2-1-5-18-8-13)20-11-14-9-19(10-15(14)12-20)16-3-6-22-7-4-16;2*3-2(4,5)1(6)7/h1-2,5,8,14-16H,3-4,6-7,9-12H2;2*(H,6,7)/t14-,15+;;. The van der Waals surface area contributed by atoms with Crippen LogP contribution in [0.3, 0.4) is 0 Å². The van der Waals surface area contributed by atoms with Gasteiger partial charge >= 0.3 is 24.3 Å². The van der Waals surface area contributed by atoms with Gasteiger partial charge in [-0.3, -0.25) is 14.7 Å². The Morgan fingerprint density at radius 3 is 1.75 bits per heavy atom. The summed E-state index contributed by atoms with van der Waals surface area (Å²) in [6.07, 6.45) is -4.46. The lowest BCUT2D eigenvalue weighted by atomic mass is 10.0. The Morgan fingerprint density at radius 1 is 0.889 bits per heavy atom. The lowest BCUT2D eigenvalue weighted by Gasteiger charge is -2.32. The summed E-state index contributed by atoms with van der Waals surface area (Å²) in [5.74, 6) is -4.09. The number of amides is 1. The molecular weight excluding hydrogens is 504 g/mol. The van der Waals surface area contributed by atoms with Crippen LogP contribution < -0.4 is 0 Å². The summed E-state index contributed by atoms with van der Waals surface area (Å²) in [6.45, 7) is 5.90. The van der Waals surface area contributed by atoms with Gasteiger partial charge in [-0.2, -0.15) is 26.3 Å². The minimum Gasteiger partial charge on any atom is -0.475 e. The molecular formula is C21H25F6N3O6. The average molecular weight is 529 g/mol. The van der Waals surface area contributed by atoms with Crippen molar-refractivity contribution in [1.82, 2.24) is 14.8 Å². The Morgan fingerprint density at radius 2 is 1.36 bits per heavy atom. The van der Waals surface area contributed by atoms with Gasteiger partial charge in [0.2, 0.25) is 0 Å². The molecule has 0 spiro atoms. The molecule has 0 saturated carbocycles. The van der Waals surface area contributed by atoms with Crippen molar-refractivity contribution in [3.05, 3.63) is 30.1 Å². The monoisotopic (exact) mass is 529 g/mol. The van der Waals surface area contributed by atoms with E-state index in [2.05, 4.69) is 9.88 Å². The minimum atomic E-state index is -5.08. The first kappa shape index (κ1) is 29.3.